The number of aromatic nitrogens is 1. The van der Waals surface area contributed by atoms with Crippen LogP contribution in [0.1, 0.15) is 51.5 Å². The van der Waals surface area contributed by atoms with Gasteiger partial charge in [0.15, 0.2) is 0 Å². The van der Waals surface area contributed by atoms with Crippen LogP contribution < -0.4 is 5.32 Å². The molecule has 2 aliphatic rings. The summed E-state index contributed by atoms with van der Waals surface area (Å²) in [5.74, 6) is 0.103. The van der Waals surface area contributed by atoms with E-state index in [4.69, 9.17) is 0 Å². The lowest BCUT2D eigenvalue weighted by atomic mass is 9.73. The highest BCUT2D eigenvalue weighted by atomic mass is 19.1. The number of rotatable bonds is 6. The summed E-state index contributed by atoms with van der Waals surface area (Å²) in [5, 5.41) is 3.06. The maximum Gasteiger partial charge on any atom is 0.230 e. The van der Waals surface area contributed by atoms with Gasteiger partial charge in [-0.1, -0.05) is 6.07 Å². The average molecular weight is 361 g/mol. The van der Waals surface area contributed by atoms with Crippen LogP contribution in [0.4, 0.5) is 4.39 Å². The molecular formula is C20H28FN3O2. The number of amides is 2. The van der Waals surface area contributed by atoms with Gasteiger partial charge in [-0.05, 0) is 57.1 Å². The number of alkyl halides is 1. The molecule has 1 aromatic heterocycles. The van der Waals surface area contributed by atoms with E-state index < -0.39 is 12.1 Å². The first-order valence-corrected chi connectivity index (χ1v) is 9.44. The Kier molecular flexibility index (Phi) is 5.30. The minimum atomic E-state index is -0.662. The molecule has 6 heteroatoms. The number of nitrogens with zero attached hydrogens (tertiary/aromatic N) is 2. The lowest BCUT2D eigenvalue weighted by molar-refractivity contribution is -0.138. The van der Waals surface area contributed by atoms with E-state index in [2.05, 4.69) is 10.3 Å². The molecule has 2 heterocycles. The Balaban J connectivity index is 1.60. The van der Waals surface area contributed by atoms with Crippen molar-refractivity contribution in [3.05, 3.63) is 30.1 Å². The molecule has 1 aromatic rings. The Hall–Kier alpha value is -1.98. The van der Waals surface area contributed by atoms with Crippen molar-refractivity contribution < 1.29 is 14.0 Å². The second-order valence-electron chi connectivity index (χ2n) is 8.17. The summed E-state index contributed by atoms with van der Waals surface area (Å²) in [6.45, 7) is 4.33. The van der Waals surface area contributed by atoms with Crippen LogP contribution >= 0.6 is 0 Å². The van der Waals surface area contributed by atoms with Gasteiger partial charge in [-0.2, -0.15) is 0 Å². The van der Waals surface area contributed by atoms with Gasteiger partial charge < -0.3 is 10.2 Å². The van der Waals surface area contributed by atoms with Crippen molar-refractivity contribution in [2.45, 2.75) is 56.9 Å². The third-order valence-corrected chi connectivity index (χ3v) is 6.08. The van der Waals surface area contributed by atoms with Gasteiger partial charge >= 0.3 is 0 Å². The quantitative estimate of drug-likeness (QED) is 0.847. The third kappa shape index (κ3) is 3.46. The van der Waals surface area contributed by atoms with Crippen LogP contribution in [0.2, 0.25) is 0 Å². The summed E-state index contributed by atoms with van der Waals surface area (Å²) in [5.41, 5.74) is 0.129. The fraction of sp³-hybridized carbons (Fsp3) is 0.650. The van der Waals surface area contributed by atoms with Crippen molar-refractivity contribution in [1.82, 2.24) is 15.2 Å². The lowest BCUT2D eigenvalue weighted by Gasteiger charge is -2.45. The molecule has 1 unspecified atom stereocenters. The average Bonchev–Trinajstić information content (AvgIpc) is 3.01. The topological polar surface area (TPSA) is 62.3 Å². The van der Waals surface area contributed by atoms with Crippen LogP contribution in [0.25, 0.3) is 0 Å². The summed E-state index contributed by atoms with van der Waals surface area (Å²) in [7, 11) is 0. The molecule has 26 heavy (non-hydrogen) atoms. The molecule has 5 nitrogen and oxygen atoms in total. The largest absolute Gasteiger partial charge is 0.355 e. The van der Waals surface area contributed by atoms with Crippen molar-refractivity contribution in [1.29, 1.82) is 0 Å². The number of likely N-dealkylation sites (tertiary alicyclic amines) is 1. The number of pyridine rings is 1. The van der Waals surface area contributed by atoms with Crippen LogP contribution in [0.15, 0.2) is 24.5 Å². The van der Waals surface area contributed by atoms with E-state index in [1.165, 1.54) is 0 Å². The van der Waals surface area contributed by atoms with Crippen LogP contribution in [-0.2, 0) is 15.0 Å². The van der Waals surface area contributed by atoms with Gasteiger partial charge in [-0.3, -0.25) is 19.0 Å². The summed E-state index contributed by atoms with van der Waals surface area (Å²) in [4.78, 5) is 31.0. The summed E-state index contributed by atoms with van der Waals surface area (Å²) < 4.78 is 12.6. The third-order valence-electron chi connectivity index (χ3n) is 6.08. The predicted molar refractivity (Wildman–Crippen MR) is 97.3 cm³/mol. The Labute approximate surface area is 154 Å². The van der Waals surface area contributed by atoms with E-state index in [1.54, 1.807) is 12.4 Å². The SMILES string of the molecule is CC(C)(C(=O)NCC1CN(C(=O)CCF)C2(CCC2)C1)c1cccnc1. The number of hydrogen-bond acceptors (Lipinski definition) is 3. The van der Waals surface area contributed by atoms with Crippen LogP contribution in [0.3, 0.4) is 0 Å². The molecule has 2 amide bonds. The molecule has 0 bridgehead atoms. The molecule has 1 spiro atoms. The molecule has 1 saturated heterocycles. The van der Waals surface area contributed by atoms with Gasteiger partial charge in [0.25, 0.3) is 0 Å². The molecule has 1 aliphatic carbocycles. The maximum absolute atomic E-state index is 12.7. The van der Waals surface area contributed by atoms with Gasteiger partial charge in [-0.25, -0.2) is 0 Å². The molecule has 1 atom stereocenters. The Morgan fingerprint density at radius 2 is 2.19 bits per heavy atom. The van der Waals surface area contributed by atoms with E-state index in [1.807, 2.05) is 30.9 Å². The summed E-state index contributed by atoms with van der Waals surface area (Å²) >= 11 is 0. The number of halogens is 1. The highest BCUT2D eigenvalue weighted by molar-refractivity contribution is 5.87. The predicted octanol–water partition coefficient (Wildman–Crippen LogP) is 2.61. The molecular weight excluding hydrogens is 333 g/mol. The minimum Gasteiger partial charge on any atom is -0.355 e. The van der Waals surface area contributed by atoms with Crippen molar-refractivity contribution in [2.24, 2.45) is 5.92 Å². The van der Waals surface area contributed by atoms with Crippen LogP contribution in [0.5, 0.6) is 0 Å². The maximum atomic E-state index is 12.7. The Bertz CT molecular complexity index is 658. The zero-order valence-corrected chi connectivity index (χ0v) is 15.6. The first kappa shape index (κ1) is 18.8. The number of carbonyl (C=O) groups is 2. The summed E-state index contributed by atoms with van der Waals surface area (Å²) in [6, 6.07) is 3.74. The van der Waals surface area contributed by atoms with Gasteiger partial charge in [0.1, 0.15) is 0 Å². The van der Waals surface area contributed by atoms with Gasteiger partial charge in [0.05, 0.1) is 18.5 Å². The van der Waals surface area contributed by atoms with E-state index in [9.17, 15) is 14.0 Å². The number of nitrogens with one attached hydrogen (secondary N) is 1. The smallest absolute Gasteiger partial charge is 0.230 e. The normalized spacial score (nSPS) is 21.5. The second kappa shape index (κ2) is 7.33. The zero-order chi connectivity index (χ0) is 18.8. The van der Waals surface area contributed by atoms with Gasteiger partial charge in [0.2, 0.25) is 11.8 Å². The highest BCUT2D eigenvalue weighted by Gasteiger charge is 2.51. The highest BCUT2D eigenvalue weighted by Crippen LogP contribution is 2.47. The zero-order valence-electron chi connectivity index (χ0n) is 15.6. The Morgan fingerprint density at radius 3 is 2.77 bits per heavy atom. The van der Waals surface area contributed by atoms with Gasteiger partial charge in [-0.15, -0.1) is 0 Å². The molecule has 142 valence electrons. The first-order valence-electron chi connectivity index (χ1n) is 9.44. The van der Waals surface area contributed by atoms with E-state index in [0.29, 0.717) is 13.1 Å². The van der Waals surface area contributed by atoms with Crippen molar-refractivity contribution >= 4 is 11.8 Å². The van der Waals surface area contributed by atoms with E-state index in [0.717, 1.165) is 31.2 Å². The minimum absolute atomic E-state index is 0.0329. The van der Waals surface area contributed by atoms with Crippen LogP contribution in [-0.4, -0.2) is 47.0 Å². The summed E-state index contributed by atoms with van der Waals surface area (Å²) in [6.07, 6.45) is 7.39. The standard InChI is InChI=1S/C20H28FN3O2/c1-19(2,16-5-3-10-22-13-16)18(26)23-12-15-11-20(7-4-8-20)24(14-15)17(25)6-9-21/h3,5,10,13,15H,4,6-9,11-12,14H2,1-2H3,(H,23,26). The fourth-order valence-corrected chi connectivity index (χ4v) is 4.26. The Morgan fingerprint density at radius 1 is 1.42 bits per heavy atom. The molecule has 1 N–H and O–H groups in total. The molecule has 1 saturated carbocycles. The van der Waals surface area contributed by atoms with Gasteiger partial charge in [0, 0.05) is 31.0 Å². The lowest BCUT2D eigenvalue weighted by Crippen LogP contribution is -2.52. The van der Waals surface area contributed by atoms with E-state index >= 15 is 0 Å². The molecule has 2 fully saturated rings. The monoisotopic (exact) mass is 361 g/mol. The molecule has 1 aliphatic heterocycles. The second-order valence-corrected chi connectivity index (χ2v) is 8.17. The van der Waals surface area contributed by atoms with Crippen molar-refractivity contribution in [2.75, 3.05) is 19.8 Å². The van der Waals surface area contributed by atoms with E-state index in [-0.39, 0.29) is 29.7 Å². The number of carbonyl (C=O) groups excluding carboxylic acids is 2. The first-order chi connectivity index (χ1) is 12.4. The van der Waals surface area contributed by atoms with Crippen molar-refractivity contribution in [3.8, 4) is 0 Å². The molecule has 0 radical (unpaired) electrons. The molecule has 3 rings (SSSR count). The number of hydrogen-bond donors (Lipinski definition) is 1. The van der Waals surface area contributed by atoms with Crippen LogP contribution in [0, 0.1) is 5.92 Å². The fourth-order valence-electron chi connectivity index (χ4n) is 4.26. The van der Waals surface area contributed by atoms with Crippen molar-refractivity contribution in [3.63, 3.8) is 0 Å². The molecule has 0 aromatic carbocycles.